The van der Waals surface area contributed by atoms with Gasteiger partial charge >= 0.3 is 0 Å². The predicted octanol–water partition coefficient (Wildman–Crippen LogP) is 2.30. The maximum absolute atomic E-state index is 4.29. The number of rotatable bonds is 2. The molecule has 0 unspecified atom stereocenters. The van der Waals surface area contributed by atoms with Crippen molar-refractivity contribution in [3.8, 4) is 5.82 Å². The topological polar surface area (TPSA) is 43.6 Å². The van der Waals surface area contributed by atoms with Crippen molar-refractivity contribution < 1.29 is 0 Å². The van der Waals surface area contributed by atoms with E-state index in [0.29, 0.717) is 0 Å². The zero-order valence-electron chi connectivity index (χ0n) is 7.97. The molecule has 0 bridgehead atoms. The van der Waals surface area contributed by atoms with Crippen LogP contribution in [0.5, 0.6) is 0 Å². The van der Waals surface area contributed by atoms with Crippen molar-refractivity contribution >= 4 is 15.9 Å². The van der Waals surface area contributed by atoms with Crippen LogP contribution in [0, 0.1) is 0 Å². The molecule has 0 saturated heterocycles. The fourth-order valence-electron chi connectivity index (χ4n) is 1.54. The highest BCUT2D eigenvalue weighted by molar-refractivity contribution is 9.10. The van der Waals surface area contributed by atoms with Crippen LogP contribution < -0.4 is 0 Å². The van der Waals surface area contributed by atoms with Crippen molar-refractivity contribution in [3.63, 3.8) is 0 Å². The van der Waals surface area contributed by atoms with Crippen molar-refractivity contribution in [2.24, 2.45) is 0 Å². The molecule has 1 saturated carbocycles. The van der Waals surface area contributed by atoms with E-state index in [9.17, 15) is 0 Å². The summed E-state index contributed by atoms with van der Waals surface area (Å²) in [6.45, 7) is 0. The molecular weight excluding hydrogens is 256 g/mol. The van der Waals surface area contributed by atoms with E-state index < -0.39 is 0 Å². The highest BCUT2D eigenvalue weighted by Crippen LogP contribution is 2.39. The standard InChI is InChI=1S/C10H9BrN4/c11-9-3-10(13-6-12-9)15-5-8(4-14-15)7-1-2-7/h3-7H,1-2H2. The summed E-state index contributed by atoms with van der Waals surface area (Å²) in [6, 6.07) is 1.85. The second-order valence-corrected chi connectivity index (χ2v) is 4.50. The van der Waals surface area contributed by atoms with Gasteiger partial charge in [0.05, 0.1) is 6.20 Å². The van der Waals surface area contributed by atoms with Crippen molar-refractivity contribution in [1.29, 1.82) is 0 Å². The molecule has 0 radical (unpaired) electrons. The summed E-state index contributed by atoms with van der Waals surface area (Å²) >= 11 is 3.32. The summed E-state index contributed by atoms with van der Waals surface area (Å²) < 4.78 is 2.57. The average Bonchev–Trinajstić information content (AvgIpc) is 2.97. The molecule has 2 aromatic heterocycles. The van der Waals surface area contributed by atoms with E-state index in [-0.39, 0.29) is 0 Å². The number of halogens is 1. The fourth-order valence-corrected chi connectivity index (χ4v) is 1.84. The Kier molecular flexibility index (Phi) is 2.05. The van der Waals surface area contributed by atoms with Crippen LogP contribution in [0.3, 0.4) is 0 Å². The molecule has 15 heavy (non-hydrogen) atoms. The third kappa shape index (κ3) is 1.79. The lowest BCUT2D eigenvalue weighted by Gasteiger charge is -1.98. The maximum atomic E-state index is 4.29. The Morgan fingerprint density at radius 2 is 2.20 bits per heavy atom. The van der Waals surface area contributed by atoms with Crippen LogP contribution in [0.1, 0.15) is 24.3 Å². The summed E-state index contributed by atoms with van der Waals surface area (Å²) in [6.07, 6.45) is 8.08. The molecule has 0 N–H and O–H groups in total. The Hall–Kier alpha value is -1.23. The van der Waals surface area contributed by atoms with Gasteiger partial charge in [-0.1, -0.05) is 0 Å². The first-order chi connectivity index (χ1) is 7.33. The monoisotopic (exact) mass is 264 g/mol. The predicted molar refractivity (Wildman–Crippen MR) is 58.8 cm³/mol. The van der Waals surface area contributed by atoms with Gasteiger partial charge in [-0.05, 0) is 40.3 Å². The van der Waals surface area contributed by atoms with Gasteiger partial charge in [0.15, 0.2) is 5.82 Å². The van der Waals surface area contributed by atoms with Crippen LogP contribution in [0.15, 0.2) is 29.4 Å². The number of nitrogens with zero attached hydrogens (tertiary/aromatic N) is 4. The number of aromatic nitrogens is 4. The lowest BCUT2D eigenvalue weighted by atomic mass is 10.2. The molecule has 76 valence electrons. The largest absolute Gasteiger partial charge is 0.229 e. The summed E-state index contributed by atoms with van der Waals surface area (Å²) in [5.74, 6) is 1.52. The zero-order valence-corrected chi connectivity index (χ0v) is 9.55. The molecule has 0 spiro atoms. The van der Waals surface area contributed by atoms with E-state index >= 15 is 0 Å². The molecule has 1 aliphatic carbocycles. The van der Waals surface area contributed by atoms with Gasteiger partial charge in [0.25, 0.3) is 0 Å². The minimum absolute atomic E-state index is 0.726. The molecule has 3 rings (SSSR count). The van der Waals surface area contributed by atoms with Gasteiger partial charge in [-0.2, -0.15) is 5.10 Å². The van der Waals surface area contributed by atoms with Crippen LogP contribution in [0.25, 0.3) is 5.82 Å². The first-order valence-corrected chi connectivity index (χ1v) is 5.65. The molecule has 0 atom stereocenters. The first kappa shape index (κ1) is 9.03. The van der Waals surface area contributed by atoms with Gasteiger partial charge < -0.3 is 0 Å². The van der Waals surface area contributed by atoms with E-state index in [4.69, 9.17) is 0 Å². The molecule has 2 heterocycles. The van der Waals surface area contributed by atoms with Gasteiger partial charge in [-0.3, -0.25) is 0 Å². The Balaban J connectivity index is 1.97. The molecule has 5 heteroatoms. The highest BCUT2D eigenvalue weighted by atomic mass is 79.9. The van der Waals surface area contributed by atoms with E-state index in [1.54, 1.807) is 4.68 Å². The third-order valence-corrected chi connectivity index (χ3v) is 2.94. The van der Waals surface area contributed by atoms with Gasteiger partial charge in [-0.25, -0.2) is 14.6 Å². The molecule has 0 amide bonds. The molecule has 2 aromatic rings. The quantitative estimate of drug-likeness (QED) is 0.782. The van der Waals surface area contributed by atoms with Gasteiger partial charge in [0.1, 0.15) is 10.9 Å². The van der Waals surface area contributed by atoms with Gasteiger partial charge in [-0.15, -0.1) is 0 Å². The van der Waals surface area contributed by atoms with Gasteiger partial charge in [0.2, 0.25) is 0 Å². The summed E-state index contributed by atoms with van der Waals surface area (Å²) in [7, 11) is 0. The molecule has 1 fully saturated rings. The molecule has 1 aliphatic rings. The Morgan fingerprint density at radius 3 is 2.93 bits per heavy atom. The first-order valence-electron chi connectivity index (χ1n) is 4.85. The Morgan fingerprint density at radius 1 is 1.33 bits per heavy atom. The smallest absolute Gasteiger partial charge is 0.157 e. The van der Waals surface area contributed by atoms with Crippen LogP contribution in [-0.4, -0.2) is 19.7 Å². The zero-order chi connectivity index (χ0) is 10.3. The van der Waals surface area contributed by atoms with E-state index in [0.717, 1.165) is 16.3 Å². The second-order valence-electron chi connectivity index (χ2n) is 3.69. The normalized spacial score (nSPS) is 15.5. The summed E-state index contributed by atoms with van der Waals surface area (Å²) in [5, 5.41) is 4.29. The molecule has 0 aliphatic heterocycles. The summed E-state index contributed by atoms with van der Waals surface area (Å²) in [4.78, 5) is 8.15. The average molecular weight is 265 g/mol. The van der Waals surface area contributed by atoms with E-state index in [2.05, 4.69) is 31.0 Å². The lowest BCUT2D eigenvalue weighted by molar-refractivity contribution is 0.836. The van der Waals surface area contributed by atoms with Crippen molar-refractivity contribution in [1.82, 2.24) is 19.7 Å². The molecule has 0 aromatic carbocycles. The number of hydrogen-bond acceptors (Lipinski definition) is 3. The van der Waals surface area contributed by atoms with E-state index in [1.807, 2.05) is 18.5 Å². The number of hydrogen-bond donors (Lipinski definition) is 0. The van der Waals surface area contributed by atoms with Crippen molar-refractivity contribution in [3.05, 3.63) is 35.0 Å². The fraction of sp³-hybridized carbons (Fsp3) is 0.300. The minimum atomic E-state index is 0.726. The van der Waals surface area contributed by atoms with Crippen LogP contribution in [0.2, 0.25) is 0 Å². The highest BCUT2D eigenvalue weighted by Gasteiger charge is 2.24. The minimum Gasteiger partial charge on any atom is -0.229 e. The van der Waals surface area contributed by atoms with Crippen LogP contribution in [0.4, 0.5) is 0 Å². The van der Waals surface area contributed by atoms with Crippen molar-refractivity contribution in [2.45, 2.75) is 18.8 Å². The second kappa shape index (κ2) is 3.41. The summed E-state index contributed by atoms with van der Waals surface area (Å²) in [5.41, 5.74) is 1.31. The van der Waals surface area contributed by atoms with Crippen LogP contribution >= 0.6 is 15.9 Å². The lowest BCUT2D eigenvalue weighted by Crippen LogP contribution is -1.98. The Labute approximate surface area is 95.5 Å². The van der Waals surface area contributed by atoms with Crippen molar-refractivity contribution in [2.75, 3.05) is 0 Å². The molecular formula is C10H9BrN4. The van der Waals surface area contributed by atoms with Gasteiger partial charge in [0, 0.05) is 12.3 Å². The SMILES string of the molecule is Brc1cc(-n2cc(C3CC3)cn2)ncn1. The Bertz CT molecular complexity index is 490. The maximum Gasteiger partial charge on any atom is 0.157 e. The van der Waals surface area contributed by atoms with Crippen LogP contribution in [-0.2, 0) is 0 Å². The molecule has 4 nitrogen and oxygen atoms in total. The third-order valence-electron chi connectivity index (χ3n) is 2.51. The van der Waals surface area contributed by atoms with E-state index in [1.165, 1.54) is 24.7 Å².